The molecule has 0 saturated heterocycles. The molecule has 0 aromatic carbocycles. The zero-order valence-corrected chi connectivity index (χ0v) is 14.9. The van der Waals surface area contributed by atoms with Gasteiger partial charge in [0.15, 0.2) is 0 Å². The molecular weight excluding hydrogens is 330 g/mol. The van der Waals surface area contributed by atoms with Gasteiger partial charge >= 0.3 is 0 Å². The second kappa shape index (κ2) is 7.75. The molecule has 0 spiro atoms. The molecule has 120 valence electrons. The van der Waals surface area contributed by atoms with E-state index in [-0.39, 0.29) is 5.41 Å². The number of aliphatic hydroxyl groups is 1. The number of aromatic nitrogens is 2. The lowest BCUT2D eigenvalue weighted by molar-refractivity contribution is 0.0808. The minimum absolute atomic E-state index is 0.0926. The van der Waals surface area contributed by atoms with Crippen LogP contribution >= 0.6 is 15.9 Å². The van der Waals surface area contributed by atoms with E-state index in [0.29, 0.717) is 6.61 Å². The standard InChI is InChI=1S/C16H28BrN3O/c1-3-13-15(17)14(20(4-2)19-13)10-18-11-16(12-21)8-6-5-7-9-16/h18,21H,3-12H2,1-2H3. The summed E-state index contributed by atoms with van der Waals surface area (Å²) in [6, 6.07) is 0. The predicted octanol–water partition coefficient (Wildman–Crippen LogP) is 3.26. The van der Waals surface area contributed by atoms with Gasteiger partial charge in [0.05, 0.1) is 15.9 Å². The summed E-state index contributed by atoms with van der Waals surface area (Å²) in [4.78, 5) is 0. The van der Waals surface area contributed by atoms with Crippen molar-refractivity contribution in [2.75, 3.05) is 13.2 Å². The van der Waals surface area contributed by atoms with Crippen LogP contribution in [0.2, 0.25) is 0 Å². The van der Waals surface area contributed by atoms with E-state index < -0.39 is 0 Å². The van der Waals surface area contributed by atoms with Gasteiger partial charge in [0.25, 0.3) is 0 Å². The van der Waals surface area contributed by atoms with Crippen molar-refractivity contribution in [3.8, 4) is 0 Å². The number of nitrogens with zero attached hydrogens (tertiary/aromatic N) is 2. The van der Waals surface area contributed by atoms with Crippen molar-refractivity contribution < 1.29 is 5.11 Å². The zero-order valence-electron chi connectivity index (χ0n) is 13.3. The lowest BCUT2D eigenvalue weighted by Crippen LogP contribution is -2.39. The highest BCUT2D eigenvalue weighted by atomic mass is 79.9. The molecule has 0 amide bonds. The van der Waals surface area contributed by atoms with Crippen LogP contribution in [0.4, 0.5) is 0 Å². The first kappa shape index (κ1) is 17.0. The Bertz CT molecular complexity index is 453. The Hall–Kier alpha value is -0.390. The van der Waals surface area contributed by atoms with Gasteiger partial charge in [-0.1, -0.05) is 26.2 Å². The molecule has 4 nitrogen and oxygen atoms in total. The highest BCUT2D eigenvalue weighted by molar-refractivity contribution is 9.10. The van der Waals surface area contributed by atoms with Crippen molar-refractivity contribution in [3.63, 3.8) is 0 Å². The summed E-state index contributed by atoms with van der Waals surface area (Å²) in [6.07, 6.45) is 7.05. The molecule has 1 aliphatic carbocycles. The van der Waals surface area contributed by atoms with Crippen LogP contribution in [0, 0.1) is 5.41 Å². The molecule has 0 aliphatic heterocycles. The predicted molar refractivity (Wildman–Crippen MR) is 89.3 cm³/mol. The maximum Gasteiger partial charge on any atom is 0.0767 e. The normalized spacial score (nSPS) is 18.1. The number of nitrogens with one attached hydrogen (secondary N) is 1. The third-order valence-corrected chi connectivity index (χ3v) is 5.65. The molecule has 2 rings (SSSR count). The first-order chi connectivity index (χ1) is 10.2. The summed E-state index contributed by atoms with van der Waals surface area (Å²) in [5.41, 5.74) is 2.44. The highest BCUT2D eigenvalue weighted by Gasteiger charge is 2.31. The van der Waals surface area contributed by atoms with Gasteiger partial charge in [0.2, 0.25) is 0 Å². The van der Waals surface area contributed by atoms with E-state index in [9.17, 15) is 5.11 Å². The van der Waals surface area contributed by atoms with Gasteiger partial charge in [-0.25, -0.2) is 0 Å². The first-order valence-electron chi connectivity index (χ1n) is 8.21. The summed E-state index contributed by atoms with van der Waals surface area (Å²) in [5.74, 6) is 0. The fourth-order valence-corrected chi connectivity index (χ4v) is 4.03. The van der Waals surface area contributed by atoms with Crippen molar-refractivity contribution in [3.05, 3.63) is 15.9 Å². The molecule has 0 unspecified atom stereocenters. The minimum atomic E-state index is 0.0926. The summed E-state index contributed by atoms with van der Waals surface area (Å²) < 4.78 is 3.21. The summed E-state index contributed by atoms with van der Waals surface area (Å²) in [6.45, 7) is 7.15. The summed E-state index contributed by atoms with van der Waals surface area (Å²) in [5, 5.41) is 18.0. The van der Waals surface area contributed by atoms with Gasteiger partial charge in [-0.3, -0.25) is 4.68 Å². The van der Waals surface area contributed by atoms with Gasteiger partial charge in [0, 0.05) is 31.7 Å². The monoisotopic (exact) mass is 357 g/mol. The van der Waals surface area contributed by atoms with Crippen LogP contribution in [-0.2, 0) is 19.5 Å². The fraction of sp³-hybridized carbons (Fsp3) is 0.812. The third kappa shape index (κ3) is 3.88. The van der Waals surface area contributed by atoms with E-state index in [0.717, 1.165) is 49.1 Å². The van der Waals surface area contributed by atoms with Crippen LogP contribution in [0.1, 0.15) is 57.3 Å². The second-order valence-electron chi connectivity index (χ2n) is 6.20. The Morgan fingerprint density at radius 1 is 1.29 bits per heavy atom. The molecule has 2 N–H and O–H groups in total. The number of rotatable bonds is 7. The Balaban J connectivity index is 1.98. The van der Waals surface area contributed by atoms with Crippen molar-refractivity contribution in [1.29, 1.82) is 0 Å². The topological polar surface area (TPSA) is 50.1 Å². The lowest BCUT2D eigenvalue weighted by Gasteiger charge is -2.35. The molecule has 0 atom stereocenters. The summed E-state index contributed by atoms with van der Waals surface area (Å²) in [7, 11) is 0. The average Bonchev–Trinajstić information content (AvgIpc) is 2.84. The smallest absolute Gasteiger partial charge is 0.0767 e. The number of hydrogen-bond donors (Lipinski definition) is 2. The van der Waals surface area contributed by atoms with Crippen LogP contribution in [-0.4, -0.2) is 28.0 Å². The molecule has 0 radical (unpaired) electrons. The van der Waals surface area contributed by atoms with Gasteiger partial charge < -0.3 is 10.4 Å². The summed E-state index contributed by atoms with van der Waals surface area (Å²) >= 11 is 3.69. The van der Waals surface area contributed by atoms with Crippen molar-refractivity contribution >= 4 is 15.9 Å². The average molecular weight is 358 g/mol. The second-order valence-corrected chi connectivity index (χ2v) is 6.99. The van der Waals surface area contributed by atoms with Crippen LogP contribution in [0.15, 0.2) is 4.47 Å². The van der Waals surface area contributed by atoms with E-state index in [1.807, 2.05) is 0 Å². The molecule has 1 heterocycles. The molecule has 0 bridgehead atoms. The molecule has 5 heteroatoms. The Morgan fingerprint density at radius 2 is 2.00 bits per heavy atom. The van der Waals surface area contributed by atoms with Gasteiger partial charge in [-0.15, -0.1) is 0 Å². The van der Waals surface area contributed by atoms with Crippen LogP contribution < -0.4 is 5.32 Å². The first-order valence-corrected chi connectivity index (χ1v) is 9.00. The molecule has 1 fully saturated rings. The Kier molecular flexibility index (Phi) is 6.26. The Labute approximate surface area is 136 Å². The maximum absolute atomic E-state index is 9.77. The SMILES string of the molecule is CCc1nn(CC)c(CNCC2(CO)CCCCC2)c1Br. The van der Waals surface area contributed by atoms with E-state index in [2.05, 4.69) is 44.9 Å². The van der Waals surface area contributed by atoms with E-state index >= 15 is 0 Å². The third-order valence-electron chi connectivity index (χ3n) is 4.74. The quantitative estimate of drug-likeness (QED) is 0.787. The van der Waals surface area contributed by atoms with Gasteiger partial charge in [-0.05, 0) is 42.1 Å². The maximum atomic E-state index is 9.77. The molecule has 1 aromatic rings. The number of aryl methyl sites for hydroxylation is 2. The van der Waals surface area contributed by atoms with Crippen molar-refractivity contribution in [2.24, 2.45) is 5.41 Å². The molecular formula is C16H28BrN3O. The number of hydrogen-bond acceptors (Lipinski definition) is 3. The van der Waals surface area contributed by atoms with Crippen LogP contribution in [0.25, 0.3) is 0 Å². The number of aliphatic hydroxyl groups excluding tert-OH is 1. The Morgan fingerprint density at radius 3 is 2.57 bits per heavy atom. The highest BCUT2D eigenvalue weighted by Crippen LogP contribution is 2.35. The van der Waals surface area contributed by atoms with Gasteiger partial charge in [0.1, 0.15) is 0 Å². The largest absolute Gasteiger partial charge is 0.396 e. The van der Waals surface area contributed by atoms with Gasteiger partial charge in [-0.2, -0.15) is 5.10 Å². The van der Waals surface area contributed by atoms with Crippen molar-refractivity contribution in [2.45, 2.75) is 65.5 Å². The molecule has 1 aromatic heterocycles. The van der Waals surface area contributed by atoms with E-state index in [1.54, 1.807) is 0 Å². The fourth-order valence-electron chi connectivity index (χ4n) is 3.32. The molecule has 1 aliphatic rings. The zero-order chi connectivity index (χ0) is 15.3. The minimum Gasteiger partial charge on any atom is -0.396 e. The van der Waals surface area contributed by atoms with E-state index in [1.165, 1.54) is 25.0 Å². The van der Waals surface area contributed by atoms with Crippen LogP contribution in [0.3, 0.4) is 0 Å². The van der Waals surface area contributed by atoms with E-state index in [4.69, 9.17) is 0 Å². The van der Waals surface area contributed by atoms with Crippen LogP contribution in [0.5, 0.6) is 0 Å². The molecule has 1 saturated carbocycles. The number of halogens is 1. The lowest BCUT2D eigenvalue weighted by atomic mass is 9.74. The molecule has 21 heavy (non-hydrogen) atoms. The van der Waals surface area contributed by atoms with Crippen molar-refractivity contribution in [1.82, 2.24) is 15.1 Å².